The Bertz CT molecular complexity index is 628. The van der Waals surface area contributed by atoms with Crippen LogP contribution in [0.1, 0.15) is 23.5 Å². The summed E-state index contributed by atoms with van der Waals surface area (Å²) in [7, 11) is 1.85. The molecule has 0 saturated heterocycles. The first-order chi connectivity index (χ1) is 10.0. The molecule has 21 heavy (non-hydrogen) atoms. The third kappa shape index (κ3) is 3.66. The summed E-state index contributed by atoms with van der Waals surface area (Å²) in [6.45, 7) is 4.52. The molecule has 0 aliphatic rings. The topological polar surface area (TPSA) is 104 Å². The van der Waals surface area contributed by atoms with Crippen LogP contribution in [0.4, 0.5) is 5.69 Å². The van der Waals surface area contributed by atoms with Crippen LogP contribution in [0, 0.1) is 13.8 Å². The number of rotatable bonds is 6. The summed E-state index contributed by atoms with van der Waals surface area (Å²) in [5.41, 5.74) is 8.77. The number of carbonyl (C=O) groups is 1. The highest BCUT2D eigenvalue weighted by atomic mass is 16.2. The van der Waals surface area contributed by atoms with E-state index in [1.807, 2.05) is 20.9 Å². The first-order valence-corrected chi connectivity index (χ1v) is 6.90. The third-order valence-corrected chi connectivity index (χ3v) is 3.30. The van der Waals surface area contributed by atoms with E-state index >= 15 is 0 Å². The summed E-state index contributed by atoms with van der Waals surface area (Å²) in [6.07, 6.45) is 3.41. The Kier molecular flexibility index (Phi) is 4.69. The van der Waals surface area contributed by atoms with Gasteiger partial charge in [0.2, 0.25) is 5.91 Å². The lowest BCUT2D eigenvalue weighted by Gasteiger charge is -2.05. The number of hydrogen-bond donors (Lipinski definition) is 2. The average Bonchev–Trinajstić information content (AvgIpc) is 2.97. The van der Waals surface area contributed by atoms with Crippen molar-refractivity contribution in [2.75, 3.05) is 11.9 Å². The van der Waals surface area contributed by atoms with Crippen molar-refractivity contribution in [3.63, 3.8) is 0 Å². The average molecular weight is 291 g/mol. The fourth-order valence-corrected chi connectivity index (χ4v) is 2.09. The molecular formula is C13H21N7O. The van der Waals surface area contributed by atoms with Gasteiger partial charge in [-0.2, -0.15) is 5.10 Å². The van der Waals surface area contributed by atoms with Gasteiger partial charge in [0.25, 0.3) is 0 Å². The molecular weight excluding hydrogens is 270 g/mol. The minimum atomic E-state index is -0.149. The smallest absolute Gasteiger partial charge is 0.246 e. The second-order valence-corrected chi connectivity index (χ2v) is 5.02. The Labute approximate surface area is 123 Å². The molecule has 2 heterocycles. The molecule has 0 aliphatic carbocycles. The fraction of sp³-hybridized carbons (Fsp3) is 0.538. The number of nitrogens with zero attached hydrogens (tertiary/aromatic N) is 5. The van der Waals surface area contributed by atoms with E-state index in [1.54, 1.807) is 10.9 Å². The summed E-state index contributed by atoms with van der Waals surface area (Å²) >= 11 is 0. The molecule has 0 unspecified atom stereocenters. The Morgan fingerprint density at radius 1 is 1.43 bits per heavy atom. The molecule has 2 aromatic heterocycles. The zero-order valence-electron chi connectivity index (χ0n) is 12.6. The van der Waals surface area contributed by atoms with Crippen LogP contribution in [-0.2, 0) is 24.8 Å². The zero-order chi connectivity index (χ0) is 15.4. The predicted octanol–water partition coefficient (Wildman–Crippen LogP) is 0.158. The molecule has 0 radical (unpaired) electrons. The Morgan fingerprint density at radius 3 is 2.81 bits per heavy atom. The fourth-order valence-electron chi connectivity index (χ4n) is 2.09. The molecule has 1 amide bonds. The molecule has 0 bridgehead atoms. The maximum Gasteiger partial charge on any atom is 0.246 e. The van der Waals surface area contributed by atoms with Gasteiger partial charge in [-0.05, 0) is 33.2 Å². The molecule has 2 rings (SSSR count). The first kappa shape index (κ1) is 15.2. The van der Waals surface area contributed by atoms with Crippen LogP contribution in [0.5, 0.6) is 0 Å². The molecule has 8 heteroatoms. The van der Waals surface area contributed by atoms with E-state index in [0.717, 1.165) is 35.6 Å². The van der Waals surface area contributed by atoms with Gasteiger partial charge in [-0.25, -0.2) is 4.68 Å². The van der Waals surface area contributed by atoms with E-state index < -0.39 is 0 Å². The Morgan fingerprint density at radius 2 is 2.19 bits per heavy atom. The van der Waals surface area contributed by atoms with E-state index in [9.17, 15) is 4.79 Å². The highest BCUT2D eigenvalue weighted by Crippen LogP contribution is 2.18. The van der Waals surface area contributed by atoms with Crippen molar-refractivity contribution in [3.05, 3.63) is 23.3 Å². The standard InChI is InChI=1S/C13H21N7O/c1-9-13(10(2)19(3)17-9)15-12(21)8-20-7-11(16-18-20)5-4-6-14/h7H,4-6,8,14H2,1-3H3,(H,15,21). The number of nitrogens with two attached hydrogens (primary N) is 1. The van der Waals surface area contributed by atoms with Crippen LogP contribution in [0.15, 0.2) is 6.20 Å². The third-order valence-electron chi connectivity index (χ3n) is 3.30. The normalized spacial score (nSPS) is 10.9. The SMILES string of the molecule is Cc1nn(C)c(C)c1NC(=O)Cn1cc(CCCN)nn1. The molecule has 114 valence electrons. The van der Waals surface area contributed by atoms with Crippen molar-refractivity contribution >= 4 is 11.6 Å². The number of carbonyl (C=O) groups excluding carboxylic acids is 1. The van der Waals surface area contributed by atoms with Crippen LogP contribution in [0.3, 0.4) is 0 Å². The van der Waals surface area contributed by atoms with E-state index in [4.69, 9.17) is 5.73 Å². The van der Waals surface area contributed by atoms with Crippen LogP contribution in [-0.4, -0.2) is 37.2 Å². The van der Waals surface area contributed by atoms with Gasteiger partial charge in [-0.1, -0.05) is 5.21 Å². The second kappa shape index (κ2) is 6.49. The van der Waals surface area contributed by atoms with Crippen molar-refractivity contribution in [3.8, 4) is 0 Å². The van der Waals surface area contributed by atoms with E-state index in [-0.39, 0.29) is 12.5 Å². The number of anilines is 1. The Hall–Kier alpha value is -2.22. The van der Waals surface area contributed by atoms with Crippen molar-refractivity contribution in [1.29, 1.82) is 0 Å². The van der Waals surface area contributed by atoms with Gasteiger partial charge >= 0.3 is 0 Å². The number of aromatic nitrogens is 5. The molecule has 0 saturated carbocycles. The minimum absolute atomic E-state index is 0.128. The summed E-state index contributed by atoms with van der Waals surface area (Å²) in [4.78, 5) is 12.1. The molecule has 0 atom stereocenters. The number of nitrogens with one attached hydrogen (secondary N) is 1. The zero-order valence-corrected chi connectivity index (χ0v) is 12.6. The number of aryl methyl sites for hydroxylation is 3. The van der Waals surface area contributed by atoms with Gasteiger partial charge < -0.3 is 11.1 Å². The minimum Gasteiger partial charge on any atom is -0.330 e. The number of hydrogen-bond acceptors (Lipinski definition) is 5. The van der Waals surface area contributed by atoms with Crippen molar-refractivity contribution in [2.45, 2.75) is 33.2 Å². The molecule has 3 N–H and O–H groups in total. The van der Waals surface area contributed by atoms with Gasteiger partial charge in [0, 0.05) is 13.2 Å². The molecule has 0 aliphatic heterocycles. The quantitative estimate of drug-likeness (QED) is 0.789. The predicted molar refractivity (Wildman–Crippen MR) is 78.7 cm³/mol. The molecule has 0 aromatic carbocycles. The monoisotopic (exact) mass is 291 g/mol. The number of amides is 1. The summed E-state index contributed by atoms with van der Waals surface area (Å²) in [5.74, 6) is -0.149. The van der Waals surface area contributed by atoms with E-state index in [2.05, 4.69) is 20.7 Å². The van der Waals surface area contributed by atoms with Crippen molar-refractivity contribution in [1.82, 2.24) is 24.8 Å². The maximum absolute atomic E-state index is 12.1. The lowest BCUT2D eigenvalue weighted by Crippen LogP contribution is -2.20. The van der Waals surface area contributed by atoms with Crippen LogP contribution < -0.4 is 11.1 Å². The highest BCUT2D eigenvalue weighted by molar-refractivity contribution is 5.91. The highest BCUT2D eigenvalue weighted by Gasteiger charge is 2.13. The molecule has 8 nitrogen and oxygen atoms in total. The largest absolute Gasteiger partial charge is 0.330 e. The van der Waals surface area contributed by atoms with Gasteiger partial charge in [0.15, 0.2) is 0 Å². The molecule has 0 fully saturated rings. The van der Waals surface area contributed by atoms with Crippen LogP contribution in [0.2, 0.25) is 0 Å². The van der Waals surface area contributed by atoms with Gasteiger partial charge in [-0.3, -0.25) is 9.48 Å². The van der Waals surface area contributed by atoms with Crippen molar-refractivity contribution in [2.24, 2.45) is 12.8 Å². The lowest BCUT2D eigenvalue weighted by atomic mass is 10.2. The lowest BCUT2D eigenvalue weighted by molar-refractivity contribution is -0.116. The maximum atomic E-state index is 12.1. The van der Waals surface area contributed by atoms with Crippen molar-refractivity contribution < 1.29 is 4.79 Å². The second-order valence-electron chi connectivity index (χ2n) is 5.02. The summed E-state index contributed by atoms with van der Waals surface area (Å²) < 4.78 is 3.27. The first-order valence-electron chi connectivity index (χ1n) is 6.90. The van der Waals surface area contributed by atoms with Crippen LogP contribution in [0.25, 0.3) is 0 Å². The Balaban J connectivity index is 1.97. The van der Waals surface area contributed by atoms with Gasteiger partial charge in [-0.15, -0.1) is 5.10 Å². The van der Waals surface area contributed by atoms with Gasteiger partial charge in [0.05, 0.1) is 22.8 Å². The summed E-state index contributed by atoms with van der Waals surface area (Å²) in [6, 6.07) is 0. The summed E-state index contributed by atoms with van der Waals surface area (Å²) in [5, 5.41) is 15.1. The molecule has 0 spiro atoms. The van der Waals surface area contributed by atoms with Gasteiger partial charge in [0.1, 0.15) is 6.54 Å². The van der Waals surface area contributed by atoms with E-state index in [1.165, 1.54) is 4.68 Å². The van der Waals surface area contributed by atoms with E-state index in [0.29, 0.717) is 6.54 Å². The molecule has 2 aromatic rings. The van der Waals surface area contributed by atoms with Crippen LogP contribution >= 0.6 is 0 Å².